The molecule has 0 aliphatic carbocycles. The van der Waals surface area contributed by atoms with E-state index in [-0.39, 0.29) is 5.78 Å². The van der Waals surface area contributed by atoms with Crippen LogP contribution in [0.2, 0.25) is 0 Å². The smallest absolute Gasteiger partial charge is 0.165 e. The third-order valence-electron chi connectivity index (χ3n) is 2.56. The van der Waals surface area contributed by atoms with E-state index in [1.807, 2.05) is 31.2 Å². The summed E-state index contributed by atoms with van der Waals surface area (Å²) in [5.41, 5.74) is 1.86. The molecule has 0 aromatic heterocycles. The fourth-order valence-corrected chi connectivity index (χ4v) is 1.53. The maximum absolute atomic E-state index is 11.8. The van der Waals surface area contributed by atoms with E-state index in [1.165, 1.54) is 0 Å². The van der Waals surface area contributed by atoms with Crippen molar-refractivity contribution in [3.63, 3.8) is 0 Å². The van der Waals surface area contributed by atoms with Crippen LogP contribution < -0.4 is 0 Å². The number of rotatable bonds is 7. The molecule has 0 atom stereocenters. The molecule has 0 spiro atoms. The maximum atomic E-state index is 11.8. The zero-order chi connectivity index (χ0) is 11.8. The van der Waals surface area contributed by atoms with Crippen LogP contribution in [0.25, 0.3) is 0 Å². The van der Waals surface area contributed by atoms with Crippen LogP contribution in [-0.4, -0.2) is 19.0 Å². The highest BCUT2D eigenvalue weighted by Crippen LogP contribution is 2.09. The van der Waals surface area contributed by atoms with Gasteiger partial charge < -0.3 is 4.74 Å². The van der Waals surface area contributed by atoms with Gasteiger partial charge in [0, 0.05) is 18.6 Å². The lowest BCUT2D eigenvalue weighted by atomic mass is 10.0. The minimum absolute atomic E-state index is 0.176. The van der Waals surface area contributed by atoms with Crippen LogP contribution in [-0.2, 0) is 4.74 Å². The molecule has 0 amide bonds. The van der Waals surface area contributed by atoms with Gasteiger partial charge >= 0.3 is 0 Å². The van der Waals surface area contributed by atoms with Crippen LogP contribution in [0, 0.1) is 6.92 Å². The lowest BCUT2D eigenvalue weighted by Gasteiger charge is -2.05. The topological polar surface area (TPSA) is 26.3 Å². The minimum Gasteiger partial charge on any atom is -0.381 e. The number of unbranched alkanes of at least 4 members (excludes halogenated alkanes) is 1. The van der Waals surface area contributed by atoms with E-state index in [4.69, 9.17) is 4.74 Å². The Bertz CT molecular complexity index is 331. The average Bonchev–Trinajstić information content (AvgIpc) is 2.29. The number of carbonyl (C=O) groups excluding carboxylic acids is 1. The zero-order valence-corrected chi connectivity index (χ0v) is 10.2. The first kappa shape index (κ1) is 12.9. The van der Waals surface area contributed by atoms with Gasteiger partial charge in [-0.25, -0.2) is 0 Å². The second kappa shape index (κ2) is 7.18. The summed E-state index contributed by atoms with van der Waals surface area (Å²) in [4.78, 5) is 11.8. The Balaban J connectivity index is 2.33. The van der Waals surface area contributed by atoms with E-state index in [9.17, 15) is 4.79 Å². The molecule has 2 heteroatoms. The standard InChI is InChI=1S/C14H20O2/c1-3-4-10-16-11-9-14(15)13-8-6-5-7-12(13)2/h5-8H,3-4,9-11H2,1-2H3. The normalized spacial score (nSPS) is 10.4. The molecule has 1 aromatic carbocycles. The molecule has 0 radical (unpaired) electrons. The fourth-order valence-electron chi connectivity index (χ4n) is 1.53. The van der Waals surface area contributed by atoms with Crippen molar-refractivity contribution in [2.24, 2.45) is 0 Å². The summed E-state index contributed by atoms with van der Waals surface area (Å²) in [5.74, 6) is 0.176. The first-order valence-electron chi connectivity index (χ1n) is 5.92. The molecule has 0 fully saturated rings. The van der Waals surface area contributed by atoms with Gasteiger partial charge in [-0.1, -0.05) is 37.6 Å². The van der Waals surface area contributed by atoms with Crippen molar-refractivity contribution < 1.29 is 9.53 Å². The Morgan fingerprint density at radius 2 is 2.00 bits per heavy atom. The highest BCUT2D eigenvalue weighted by molar-refractivity contribution is 5.97. The molecule has 1 rings (SSSR count). The summed E-state index contributed by atoms with van der Waals surface area (Å²) in [6, 6.07) is 7.69. The van der Waals surface area contributed by atoms with Gasteiger partial charge in [-0.15, -0.1) is 0 Å². The van der Waals surface area contributed by atoms with Crippen molar-refractivity contribution in [1.29, 1.82) is 0 Å². The SMILES string of the molecule is CCCCOCCC(=O)c1ccccc1C. The molecule has 0 bridgehead atoms. The Labute approximate surface area is 97.6 Å². The van der Waals surface area contributed by atoms with Gasteiger partial charge in [0.05, 0.1) is 6.61 Å². The van der Waals surface area contributed by atoms with E-state index in [0.717, 1.165) is 30.6 Å². The third kappa shape index (κ3) is 4.15. The van der Waals surface area contributed by atoms with E-state index in [0.29, 0.717) is 13.0 Å². The highest BCUT2D eigenvalue weighted by atomic mass is 16.5. The predicted molar refractivity (Wildman–Crippen MR) is 65.9 cm³/mol. The number of ketones is 1. The molecule has 0 aliphatic heterocycles. The van der Waals surface area contributed by atoms with Crippen LogP contribution in [0.4, 0.5) is 0 Å². The summed E-state index contributed by atoms with van der Waals surface area (Å²) >= 11 is 0. The Kier molecular flexibility index (Phi) is 5.79. The molecule has 1 aromatic rings. The minimum atomic E-state index is 0.176. The van der Waals surface area contributed by atoms with Crippen molar-refractivity contribution in [2.45, 2.75) is 33.1 Å². The number of hydrogen-bond acceptors (Lipinski definition) is 2. The first-order chi connectivity index (χ1) is 7.75. The summed E-state index contributed by atoms with van der Waals surface area (Å²) in [6.45, 7) is 5.39. The molecule has 0 saturated carbocycles. The molecule has 2 nitrogen and oxygen atoms in total. The van der Waals surface area contributed by atoms with E-state index in [2.05, 4.69) is 6.92 Å². The summed E-state index contributed by atoms with van der Waals surface area (Å²) < 4.78 is 5.39. The monoisotopic (exact) mass is 220 g/mol. The van der Waals surface area contributed by atoms with Gasteiger partial charge in [-0.05, 0) is 18.9 Å². The number of ether oxygens (including phenoxy) is 1. The summed E-state index contributed by atoms with van der Waals surface area (Å²) in [5, 5.41) is 0. The maximum Gasteiger partial charge on any atom is 0.165 e. The molecular weight excluding hydrogens is 200 g/mol. The van der Waals surface area contributed by atoms with Gasteiger partial charge in [0.25, 0.3) is 0 Å². The zero-order valence-electron chi connectivity index (χ0n) is 10.2. The lowest BCUT2D eigenvalue weighted by molar-refractivity contribution is 0.0873. The second-order valence-electron chi connectivity index (χ2n) is 3.95. The van der Waals surface area contributed by atoms with Gasteiger partial charge in [0.15, 0.2) is 5.78 Å². The molecule has 16 heavy (non-hydrogen) atoms. The Morgan fingerprint density at radius 3 is 2.69 bits per heavy atom. The predicted octanol–water partition coefficient (Wildman–Crippen LogP) is 3.38. The number of Topliss-reactive ketones (excluding diaryl/α,β-unsaturated/α-hetero) is 1. The van der Waals surface area contributed by atoms with Gasteiger partial charge in [-0.2, -0.15) is 0 Å². The van der Waals surface area contributed by atoms with Crippen LogP contribution >= 0.6 is 0 Å². The summed E-state index contributed by atoms with van der Waals surface area (Å²) in [6.07, 6.45) is 2.68. The third-order valence-corrected chi connectivity index (χ3v) is 2.56. The number of carbonyl (C=O) groups is 1. The van der Waals surface area contributed by atoms with E-state index in [1.54, 1.807) is 0 Å². The van der Waals surface area contributed by atoms with Crippen molar-refractivity contribution in [1.82, 2.24) is 0 Å². The van der Waals surface area contributed by atoms with E-state index < -0.39 is 0 Å². The highest BCUT2D eigenvalue weighted by Gasteiger charge is 2.07. The molecule has 0 saturated heterocycles. The van der Waals surface area contributed by atoms with Gasteiger partial charge in [0.2, 0.25) is 0 Å². The van der Waals surface area contributed by atoms with Crippen LogP contribution in [0.15, 0.2) is 24.3 Å². The van der Waals surface area contributed by atoms with Crippen molar-refractivity contribution >= 4 is 5.78 Å². The molecule has 0 N–H and O–H groups in total. The molecular formula is C14H20O2. The fraction of sp³-hybridized carbons (Fsp3) is 0.500. The molecule has 88 valence electrons. The molecule has 0 unspecified atom stereocenters. The van der Waals surface area contributed by atoms with E-state index >= 15 is 0 Å². The van der Waals surface area contributed by atoms with Gasteiger partial charge in [-0.3, -0.25) is 4.79 Å². The van der Waals surface area contributed by atoms with Crippen molar-refractivity contribution in [3.8, 4) is 0 Å². The second-order valence-corrected chi connectivity index (χ2v) is 3.95. The van der Waals surface area contributed by atoms with Crippen molar-refractivity contribution in [3.05, 3.63) is 35.4 Å². The van der Waals surface area contributed by atoms with Crippen LogP contribution in [0.5, 0.6) is 0 Å². The first-order valence-corrected chi connectivity index (χ1v) is 5.92. The Morgan fingerprint density at radius 1 is 1.25 bits per heavy atom. The van der Waals surface area contributed by atoms with Crippen molar-refractivity contribution in [2.75, 3.05) is 13.2 Å². The average molecular weight is 220 g/mol. The quantitative estimate of drug-likeness (QED) is 0.520. The van der Waals surface area contributed by atoms with Crippen LogP contribution in [0.3, 0.4) is 0 Å². The number of benzene rings is 1. The lowest BCUT2D eigenvalue weighted by Crippen LogP contribution is -2.06. The summed E-state index contributed by atoms with van der Waals surface area (Å²) in [7, 11) is 0. The van der Waals surface area contributed by atoms with Gasteiger partial charge in [0.1, 0.15) is 0 Å². The molecule has 0 aliphatic rings. The number of aryl methyl sites for hydroxylation is 1. The number of hydrogen-bond donors (Lipinski definition) is 0. The largest absolute Gasteiger partial charge is 0.381 e. The molecule has 0 heterocycles. The Hall–Kier alpha value is -1.15. The van der Waals surface area contributed by atoms with Crippen LogP contribution in [0.1, 0.15) is 42.1 Å².